The van der Waals surface area contributed by atoms with E-state index in [1.54, 1.807) is 19.5 Å². The molecule has 1 saturated heterocycles. The molecule has 2 atom stereocenters. The van der Waals surface area contributed by atoms with Gasteiger partial charge in [0.05, 0.1) is 42.7 Å². The molecule has 0 spiro atoms. The molecule has 166 valence electrons. The number of nitrogens with zero attached hydrogens (tertiary/aromatic N) is 3. The molecule has 0 aromatic carbocycles. The lowest BCUT2D eigenvalue weighted by molar-refractivity contribution is 0.0250. The normalized spacial score (nSPS) is 20.5. The highest BCUT2D eigenvalue weighted by Crippen LogP contribution is 2.29. The molecule has 0 unspecified atom stereocenters. The van der Waals surface area contributed by atoms with E-state index >= 15 is 0 Å². The average Bonchev–Trinajstić information content (AvgIpc) is 2.86. The minimum atomic E-state index is 0.0780. The maximum Gasteiger partial charge on any atom is 0.213 e. The van der Waals surface area contributed by atoms with Gasteiger partial charge in [-0.3, -0.25) is 9.97 Å². The predicted octanol–water partition coefficient (Wildman–Crippen LogP) is 3.16. The molecule has 0 amide bonds. The zero-order chi connectivity index (χ0) is 21.8. The molecule has 8 nitrogen and oxygen atoms in total. The van der Waals surface area contributed by atoms with E-state index in [9.17, 15) is 0 Å². The van der Waals surface area contributed by atoms with Crippen LogP contribution in [-0.4, -0.2) is 54.0 Å². The van der Waals surface area contributed by atoms with Crippen molar-refractivity contribution >= 4 is 17.1 Å². The van der Waals surface area contributed by atoms with Crippen molar-refractivity contribution in [1.82, 2.24) is 20.3 Å². The van der Waals surface area contributed by atoms with Gasteiger partial charge in [-0.1, -0.05) is 12.2 Å². The van der Waals surface area contributed by atoms with Gasteiger partial charge in [0.2, 0.25) is 5.88 Å². The summed E-state index contributed by atoms with van der Waals surface area (Å²) < 4.78 is 22.5. The van der Waals surface area contributed by atoms with Crippen molar-refractivity contribution in [2.45, 2.75) is 31.5 Å². The predicted molar refractivity (Wildman–Crippen MR) is 120 cm³/mol. The number of ether oxygens (including phenoxy) is 4. The van der Waals surface area contributed by atoms with Gasteiger partial charge < -0.3 is 24.3 Å². The van der Waals surface area contributed by atoms with Crippen LogP contribution in [0.1, 0.15) is 24.1 Å². The Morgan fingerprint density at radius 1 is 1.12 bits per heavy atom. The van der Waals surface area contributed by atoms with Crippen LogP contribution in [0.2, 0.25) is 0 Å². The van der Waals surface area contributed by atoms with Crippen molar-refractivity contribution in [1.29, 1.82) is 0 Å². The fraction of sp³-hybridized carbons (Fsp3) is 0.375. The molecule has 0 saturated carbocycles. The molecule has 32 heavy (non-hydrogen) atoms. The van der Waals surface area contributed by atoms with E-state index in [0.717, 1.165) is 40.9 Å². The molecule has 0 radical (unpaired) electrons. The maximum absolute atomic E-state index is 6.07. The van der Waals surface area contributed by atoms with Gasteiger partial charge in [-0.2, -0.15) is 0 Å². The number of nitrogens with one attached hydrogen (secondary N) is 1. The quantitative estimate of drug-likeness (QED) is 0.633. The fourth-order valence-electron chi connectivity index (χ4n) is 3.91. The van der Waals surface area contributed by atoms with Crippen LogP contribution in [0.15, 0.2) is 42.7 Å². The average molecular weight is 434 g/mol. The van der Waals surface area contributed by atoms with Crippen LogP contribution >= 0.6 is 0 Å². The first-order chi connectivity index (χ1) is 15.8. The Bertz CT molecular complexity index is 1110. The number of methoxy groups -OCH3 is 1. The SMILES string of the molecule is COc1ccc2nccc(/C=C/[C@@H]3CC[C@@H](NCc4cc5c(cn4)OCCO5)CO3)c2n1. The van der Waals surface area contributed by atoms with Gasteiger partial charge in [-0.25, -0.2) is 4.98 Å². The van der Waals surface area contributed by atoms with E-state index in [0.29, 0.717) is 44.0 Å². The molecule has 5 heterocycles. The Balaban J connectivity index is 1.15. The van der Waals surface area contributed by atoms with Crippen molar-refractivity contribution in [2.75, 3.05) is 26.9 Å². The van der Waals surface area contributed by atoms with Crippen LogP contribution in [0.4, 0.5) is 0 Å². The smallest absolute Gasteiger partial charge is 0.213 e. The first-order valence-electron chi connectivity index (χ1n) is 10.9. The second kappa shape index (κ2) is 9.50. The van der Waals surface area contributed by atoms with Crippen molar-refractivity contribution < 1.29 is 18.9 Å². The Hall–Kier alpha value is -3.23. The van der Waals surface area contributed by atoms with Gasteiger partial charge in [0.15, 0.2) is 11.5 Å². The third-order valence-corrected chi connectivity index (χ3v) is 5.66. The molecule has 2 aliphatic heterocycles. The van der Waals surface area contributed by atoms with E-state index in [-0.39, 0.29) is 6.10 Å². The molecular formula is C24H26N4O4. The summed E-state index contributed by atoms with van der Waals surface area (Å²) in [5, 5.41) is 3.54. The third-order valence-electron chi connectivity index (χ3n) is 5.66. The van der Waals surface area contributed by atoms with Crippen LogP contribution < -0.4 is 19.5 Å². The molecule has 2 aliphatic rings. The molecule has 1 N–H and O–H groups in total. The first-order valence-corrected chi connectivity index (χ1v) is 10.9. The summed E-state index contributed by atoms with van der Waals surface area (Å²) in [4.78, 5) is 13.4. The van der Waals surface area contributed by atoms with E-state index in [4.69, 9.17) is 18.9 Å². The highest BCUT2D eigenvalue weighted by atomic mass is 16.6. The van der Waals surface area contributed by atoms with Crippen molar-refractivity contribution in [2.24, 2.45) is 0 Å². The van der Waals surface area contributed by atoms with E-state index in [2.05, 4.69) is 32.4 Å². The highest BCUT2D eigenvalue weighted by Gasteiger charge is 2.20. The van der Waals surface area contributed by atoms with Crippen molar-refractivity contribution in [3.05, 3.63) is 54.0 Å². The molecule has 3 aromatic rings. The van der Waals surface area contributed by atoms with Gasteiger partial charge in [-0.15, -0.1) is 0 Å². The Labute approximate surface area is 186 Å². The number of hydrogen-bond acceptors (Lipinski definition) is 8. The Morgan fingerprint density at radius 3 is 2.88 bits per heavy atom. The molecule has 1 fully saturated rings. The summed E-state index contributed by atoms with van der Waals surface area (Å²) in [6.07, 6.45) is 9.75. The standard InChI is InChI=1S/C24H26N4O4/c1-29-23-7-6-20-24(28-23)16(8-9-25-20)2-4-19-5-3-17(15-32-19)26-13-18-12-21-22(14-27-18)31-11-10-30-21/h2,4,6-9,12,14,17,19,26H,3,5,10-11,13,15H2,1H3/b4-2+/t17-,19-/m1/s1. The molecular weight excluding hydrogens is 408 g/mol. The number of pyridine rings is 3. The van der Waals surface area contributed by atoms with Crippen LogP contribution in [0.3, 0.4) is 0 Å². The van der Waals surface area contributed by atoms with Crippen LogP contribution in [0.25, 0.3) is 17.1 Å². The van der Waals surface area contributed by atoms with Gasteiger partial charge in [0, 0.05) is 36.5 Å². The third kappa shape index (κ3) is 4.66. The number of aromatic nitrogens is 3. The second-order valence-corrected chi connectivity index (χ2v) is 7.83. The zero-order valence-corrected chi connectivity index (χ0v) is 18.0. The summed E-state index contributed by atoms with van der Waals surface area (Å²) in [5.74, 6) is 2.06. The minimum Gasteiger partial charge on any atom is -0.486 e. The van der Waals surface area contributed by atoms with Crippen LogP contribution in [0.5, 0.6) is 17.4 Å². The lowest BCUT2D eigenvalue weighted by Crippen LogP contribution is -2.39. The topological polar surface area (TPSA) is 87.6 Å². The summed E-state index contributed by atoms with van der Waals surface area (Å²) in [6.45, 7) is 2.47. The minimum absolute atomic E-state index is 0.0780. The van der Waals surface area contributed by atoms with Gasteiger partial charge >= 0.3 is 0 Å². The first kappa shape index (κ1) is 20.7. The van der Waals surface area contributed by atoms with Gasteiger partial charge in [0.1, 0.15) is 13.2 Å². The highest BCUT2D eigenvalue weighted by molar-refractivity contribution is 5.84. The van der Waals surface area contributed by atoms with E-state index < -0.39 is 0 Å². The molecule has 8 heteroatoms. The van der Waals surface area contributed by atoms with Crippen LogP contribution in [0, 0.1) is 0 Å². The fourth-order valence-corrected chi connectivity index (χ4v) is 3.91. The monoisotopic (exact) mass is 434 g/mol. The summed E-state index contributed by atoms with van der Waals surface area (Å²) in [7, 11) is 1.62. The van der Waals surface area contributed by atoms with Gasteiger partial charge in [0.25, 0.3) is 0 Å². The maximum atomic E-state index is 6.07. The zero-order valence-electron chi connectivity index (χ0n) is 18.0. The number of hydrogen-bond donors (Lipinski definition) is 1. The van der Waals surface area contributed by atoms with Crippen LogP contribution in [-0.2, 0) is 11.3 Å². The van der Waals surface area contributed by atoms with Crippen molar-refractivity contribution in [3.8, 4) is 17.4 Å². The summed E-state index contributed by atoms with van der Waals surface area (Å²) in [6, 6.07) is 7.93. The Kier molecular flexibility index (Phi) is 6.13. The molecule has 5 rings (SSSR count). The second-order valence-electron chi connectivity index (χ2n) is 7.83. The van der Waals surface area contributed by atoms with E-state index in [1.165, 1.54) is 0 Å². The molecule has 3 aromatic heterocycles. The summed E-state index contributed by atoms with van der Waals surface area (Å²) in [5.41, 5.74) is 3.60. The largest absolute Gasteiger partial charge is 0.486 e. The molecule has 0 bridgehead atoms. The lowest BCUT2D eigenvalue weighted by Gasteiger charge is -2.28. The lowest BCUT2D eigenvalue weighted by atomic mass is 10.0. The molecule has 0 aliphatic carbocycles. The number of rotatable bonds is 6. The van der Waals surface area contributed by atoms with Crippen molar-refractivity contribution in [3.63, 3.8) is 0 Å². The Morgan fingerprint density at radius 2 is 2.03 bits per heavy atom. The van der Waals surface area contributed by atoms with Gasteiger partial charge in [-0.05, 0) is 25.0 Å². The van der Waals surface area contributed by atoms with E-state index in [1.807, 2.05) is 24.3 Å². The number of fused-ring (bicyclic) bond motifs is 2. The summed E-state index contributed by atoms with van der Waals surface area (Å²) >= 11 is 0.